The second-order valence-corrected chi connectivity index (χ2v) is 14.6. The van der Waals surface area contributed by atoms with E-state index in [4.69, 9.17) is 21.1 Å². The smallest absolute Gasteiger partial charge is 0.264 e. The average Bonchev–Trinajstić information content (AvgIpc) is 3.07. The molecule has 1 unspecified atom stereocenters. The number of hydrogen-bond acceptors (Lipinski definition) is 6. The van der Waals surface area contributed by atoms with E-state index in [0.29, 0.717) is 28.6 Å². The molecule has 0 radical (unpaired) electrons. The second-order valence-electron chi connectivity index (χ2n) is 12.3. The molecule has 2 amide bonds. The number of nitrogens with one attached hydrogen (secondary N) is 1. The highest BCUT2D eigenvalue weighted by atomic mass is 35.5. The van der Waals surface area contributed by atoms with Crippen molar-refractivity contribution in [2.75, 3.05) is 31.6 Å². The molecule has 0 heterocycles. The van der Waals surface area contributed by atoms with E-state index in [1.165, 1.54) is 37.3 Å². The van der Waals surface area contributed by atoms with Gasteiger partial charge in [0.15, 0.2) is 11.5 Å². The summed E-state index contributed by atoms with van der Waals surface area (Å²) in [6, 6.07) is 25.2. The van der Waals surface area contributed by atoms with Crippen molar-refractivity contribution in [3.63, 3.8) is 0 Å². The number of ether oxygens (including phenoxy) is 2. The van der Waals surface area contributed by atoms with Crippen LogP contribution >= 0.6 is 11.6 Å². The molecule has 0 aliphatic heterocycles. The Morgan fingerprint density at radius 1 is 0.837 bits per heavy atom. The Bertz CT molecular complexity index is 1850. The topological polar surface area (TPSA) is 105 Å². The van der Waals surface area contributed by atoms with E-state index in [-0.39, 0.29) is 35.4 Å². The monoisotopic (exact) mass is 705 g/mol. The molecule has 0 bridgehead atoms. The fourth-order valence-electron chi connectivity index (χ4n) is 5.51. The number of amides is 2. The number of hydrogen-bond donors (Lipinski definition) is 1. The number of carbonyl (C=O) groups excluding carboxylic acids is 2. The van der Waals surface area contributed by atoms with E-state index in [9.17, 15) is 18.0 Å². The fourth-order valence-corrected chi connectivity index (χ4v) is 7.12. The predicted octanol–water partition coefficient (Wildman–Crippen LogP) is 6.58. The maximum atomic E-state index is 14.7. The van der Waals surface area contributed by atoms with Crippen LogP contribution in [0.4, 0.5) is 5.69 Å². The summed E-state index contributed by atoms with van der Waals surface area (Å²) in [6.45, 7) is 7.48. The van der Waals surface area contributed by atoms with Crippen molar-refractivity contribution in [1.82, 2.24) is 10.2 Å². The van der Waals surface area contributed by atoms with Crippen molar-refractivity contribution in [3.05, 3.63) is 118 Å². The molecule has 0 saturated carbocycles. The lowest BCUT2D eigenvalue weighted by molar-refractivity contribution is -0.140. The van der Waals surface area contributed by atoms with Gasteiger partial charge >= 0.3 is 0 Å². The standard InChI is InChI=1S/C38H44ClN3O6S/c1-26(2)23-40-38(44)34(21-29-12-8-7-9-13-29)41(24-30-14-10-11-15-33(30)39)37(43)25-42(31-19-27(3)18-28(4)20-31)49(45,46)32-16-17-35(47-5)36(22-32)48-6/h7-20,22,26,34H,21,23-25H2,1-6H3,(H,40,44). The van der Waals surface area contributed by atoms with Crippen LogP contribution in [0, 0.1) is 19.8 Å². The maximum Gasteiger partial charge on any atom is 0.264 e. The van der Waals surface area contributed by atoms with Crippen LogP contribution in [0.25, 0.3) is 0 Å². The van der Waals surface area contributed by atoms with Crippen molar-refractivity contribution in [1.29, 1.82) is 0 Å². The Morgan fingerprint density at radius 3 is 2.08 bits per heavy atom. The van der Waals surface area contributed by atoms with Gasteiger partial charge in [0.2, 0.25) is 11.8 Å². The minimum absolute atomic E-state index is 0.0256. The summed E-state index contributed by atoms with van der Waals surface area (Å²) in [6.07, 6.45) is 0.201. The van der Waals surface area contributed by atoms with Crippen LogP contribution in [-0.2, 0) is 32.6 Å². The summed E-state index contributed by atoms with van der Waals surface area (Å²) in [5.41, 5.74) is 3.40. The van der Waals surface area contributed by atoms with Crippen LogP contribution in [0.15, 0.2) is 95.9 Å². The minimum Gasteiger partial charge on any atom is -0.493 e. The molecule has 260 valence electrons. The Labute approximate surface area is 294 Å². The highest BCUT2D eigenvalue weighted by Gasteiger charge is 2.35. The quantitative estimate of drug-likeness (QED) is 0.150. The Kier molecular flexibility index (Phi) is 12.7. The number of aryl methyl sites for hydroxylation is 2. The zero-order chi connectivity index (χ0) is 35.7. The number of methoxy groups -OCH3 is 2. The van der Waals surface area contributed by atoms with Gasteiger partial charge in [-0.05, 0) is 72.4 Å². The summed E-state index contributed by atoms with van der Waals surface area (Å²) >= 11 is 6.60. The van der Waals surface area contributed by atoms with Crippen LogP contribution in [0.5, 0.6) is 11.5 Å². The molecule has 9 nitrogen and oxygen atoms in total. The molecule has 4 aromatic rings. The van der Waals surface area contributed by atoms with Crippen LogP contribution in [-0.4, -0.2) is 58.5 Å². The number of carbonyl (C=O) groups is 2. The van der Waals surface area contributed by atoms with Gasteiger partial charge in [-0.15, -0.1) is 0 Å². The van der Waals surface area contributed by atoms with Crippen molar-refractivity contribution in [3.8, 4) is 11.5 Å². The Hall–Kier alpha value is -4.54. The third-order valence-corrected chi connectivity index (χ3v) is 10.1. The molecule has 49 heavy (non-hydrogen) atoms. The van der Waals surface area contributed by atoms with E-state index in [2.05, 4.69) is 5.32 Å². The van der Waals surface area contributed by atoms with Crippen molar-refractivity contribution in [2.24, 2.45) is 5.92 Å². The summed E-state index contributed by atoms with van der Waals surface area (Å²) in [7, 11) is -1.48. The van der Waals surface area contributed by atoms with E-state index in [1.54, 1.807) is 36.4 Å². The van der Waals surface area contributed by atoms with E-state index >= 15 is 0 Å². The Balaban J connectivity index is 1.86. The summed E-state index contributed by atoms with van der Waals surface area (Å²) in [5.74, 6) is -0.180. The molecule has 4 aromatic carbocycles. The summed E-state index contributed by atoms with van der Waals surface area (Å²) < 4.78 is 40.9. The van der Waals surface area contributed by atoms with Gasteiger partial charge in [-0.25, -0.2) is 8.42 Å². The van der Waals surface area contributed by atoms with Gasteiger partial charge in [-0.2, -0.15) is 0 Å². The molecule has 0 aliphatic rings. The molecule has 11 heteroatoms. The van der Waals surface area contributed by atoms with E-state index in [1.807, 2.05) is 64.1 Å². The maximum absolute atomic E-state index is 14.7. The highest BCUT2D eigenvalue weighted by molar-refractivity contribution is 7.92. The molecule has 0 fully saturated rings. The average molecular weight is 706 g/mol. The SMILES string of the molecule is COc1ccc(S(=O)(=O)N(CC(=O)N(Cc2ccccc2Cl)C(Cc2ccccc2)C(=O)NCC(C)C)c2cc(C)cc(C)c2)cc1OC. The van der Waals surface area contributed by atoms with Crippen LogP contribution < -0.4 is 19.1 Å². The largest absolute Gasteiger partial charge is 0.493 e. The molecule has 0 spiro atoms. The Morgan fingerprint density at radius 2 is 1.47 bits per heavy atom. The molecule has 4 rings (SSSR count). The van der Waals surface area contributed by atoms with E-state index in [0.717, 1.165) is 21.0 Å². The predicted molar refractivity (Wildman–Crippen MR) is 194 cm³/mol. The number of benzene rings is 4. The lowest BCUT2D eigenvalue weighted by Gasteiger charge is -2.34. The summed E-state index contributed by atoms with van der Waals surface area (Å²) in [5, 5.41) is 3.42. The molecule has 1 N–H and O–H groups in total. The molecule has 0 saturated heterocycles. The second kappa shape index (κ2) is 16.7. The van der Waals surface area contributed by atoms with Gasteiger partial charge in [0, 0.05) is 30.6 Å². The van der Waals surface area contributed by atoms with Gasteiger partial charge < -0.3 is 19.7 Å². The third-order valence-electron chi connectivity index (χ3n) is 7.97. The van der Waals surface area contributed by atoms with Crippen LogP contribution in [0.1, 0.15) is 36.1 Å². The number of halogens is 1. The number of sulfonamides is 1. The zero-order valence-electron chi connectivity index (χ0n) is 28.8. The van der Waals surface area contributed by atoms with Gasteiger partial charge in [-0.3, -0.25) is 13.9 Å². The molecular weight excluding hydrogens is 662 g/mol. The first-order chi connectivity index (χ1) is 23.3. The van der Waals surface area contributed by atoms with E-state index < -0.39 is 28.5 Å². The normalized spacial score (nSPS) is 11.9. The van der Waals surface area contributed by atoms with Crippen molar-refractivity contribution in [2.45, 2.75) is 51.6 Å². The number of anilines is 1. The molecular formula is C38H44ClN3O6S. The molecule has 0 aromatic heterocycles. The lowest BCUT2D eigenvalue weighted by atomic mass is 10.0. The van der Waals surface area contributed by atoms with Gasteiger partial charge in [0.1, 0.15) is 12.6 Å². The first-order valence-corrected chi connectivity index (χ1v) is 17.8. The highest BCUT2D eigenvalue weighted by Crippen LogP contribution is 2.33. The molecule has 1 atom stereocenters. The zero-order valence-corrected chi connectivity index (χ0v) is 30.3. The van der Waals surface area contributed by atoms with Gasteiger partial charge in [-0.1, -0.05) is 80.0 Å². The number of rotatable bonds is 15. The lowest BCUT2D eigenvalue weighted by Crippen LogP contribution is -2.53. The van der Waals surface area contributed by atoms with Crippen LogP contribution in [0.3, 0.4) is 0 Å². The van der Waals surface area contributed by atoms with Gasteiger partial charge in [0.25, 0.3) is 10.0 Å². The molecule has 0 aliphatic carbocycles. The minimum atomic E-state index is -4.36. The van der Waals surface area contributed by atoms with Crippen molar-refractivity contribution < 1.29 is 27.5 Å². The van der Waals surface area contributed by atoms with Gasteiger partial charge in [0.05, 0.1) is 24.8 Å². The first kappa shape index (κ1) is 37.3. The summed E-state index contributed by atoms with van der Waals surface area (Å²) in [4.78, 5) is 30.1. The van der Waals surface area contributed by atoms with Crippen LogP contribution in [0.2, 0.25) is 5.02 Å². The first-order valence-electron chi connectivity index (χ1n) is 16.0. The number of nitrogens with zero attached hydrogens (tertiary/aromatic N) is 2. The fraction of sp³-hybridized carbons (Fsp3) is 0.316. The third kappa shape index (κ3) is 9.55. The van der Waals surface area contributed by atoms with Crippen molar-refractivity contribution >= 4 is 39.1 Å².